The number of aromatic nitrogens is 4. The summed E-state index contributed by atoms with van der Waals surface area (Å²) in [5, 5.41) is 31.6. The van der Waals surface area contributed by atoms with Crippen molar-refractivity contribution in [2.45, 2.75) is 32.4 Å². The molecule has 162 valence electrons. The van der Waals surface area contributed by atoms with Crippen LogP contribution >= 0.6 is 11.3 Å². The van der Waals surface area contributed by atoms with Crippen molar-refractivity contribution in [1.82, 2.24) is 19.6 Å². The Morgan fingerprint density at radius 3 is 2.58 bits per heavy atom. The maximum Gasteiger partial charge on any atom is 0.229 e. The minimum atomic E-state index is -0.882. The zero-order valence-electron chi connectivity index (χ0n) is 17.5. The molecule has 0 saturated carbocycles. The summed E-state index contributed by atoms with van der Waals surface area (Å²) >= 11 is 1.72. The van der Waals surface area contributed by atoms with E-state index >= 15 is 0 Å². The van der Waals surface area contributed by atoms with Crippen LogP contribution in [0.15, 0.2) is 48.0 Å². The lowest BCUT2D eigenvalue weighted by Gasteiger charge is -2.13. The van der Waals surface area contributed by atoms with Gasteiger partial charge in [-0.3, -0.25) is 0 Å². The van der Waals surface area contributed by atoms with Crippen LogP contribution in [-0.2, 0) is 6.54 Å². The Kier molecular flexibility index (Phi) is 6.45. The Hall–Kier alpha value is -3.01. The van der Waals surface area contributed by atoms with Crippen LogP contribution in [0.3, 0.4) is 0 Å². The Bertz CT molecular complexity index is 1130. The van der Waals surface area contributed by atoms with Crippen LogP contribution in [0, 0.1) is 0 Å². The first kappa shape index (κ1) is 21.2. The zero-order valence-corrected chi connectivity index (χ0v) is 18.3. The lowest BCUT2D eigenvalue weighted by molar-refractivity contribution is 0.105. The number of anilines is 2. The molecule has 0 bridgehead atoms. The summed E-state index contributed by atoms with van der Waals surface area (Å²) in [6, 6.07) is 12.6. The van der Waals surface area contributed by atoms with Crippen LogP contribution < -0.4 is 10.6 Å². The number of fused-ring (bicyclic) bond motifs is 1. The van der Waals surface area contributed by atoms with Gasteiger partial charge in [-0.1, -0.05) is 44.2 Å². The summed E-state index contributed by atoms with van der Waals surface area (Å²) in [7, 11) is 0. The molecule has 0 amide bonds. The molecule has 0 aliphatic heterocycles. The lowest BCUT2D eigenvalue weighted by atomic mass is 10.1. The summed E-state index contributed by atoms with van der Waals surface area (Å²) in [4.78, 5) is 10.3. The number of hydrogen-bond donors (Lipinski definition) is 4. The molecule has 0 aliphatic carbocycles. The van der Waals surface area contributed by atoms with E-state index in [1.54, 1.807) is 15.9 Å². The molecule has 1 atom stereocenters. The monoisotopic (exact) mass is 438 g/mol. The van der Waals surface area contributed by atoms with E-state index in [4.69, 9.17) is 5.11 Å². The number of nitrogens with zero attached hydrogens (tertiary/aromatic N) is 4. The summed E-state index contributed by atoms with van der Waals surface area (Å²) in [5.41, 5.74) is 4.04. The van der Waals surface area contributed by atoms with E-state index in [1.165, 1.54) is 10.4 Å². The largest absolute Gasteiger partial charge is 0.394 e. The maximum absolute atomic E-state index is 9.65. The highest BCUT2D eigenvalue weighted by Gasteiger charge is 2.15. The molecule has 0 fully saturated rings. The van der Waals surface area contributed by atoms with Crippen molar-refractivity contribution in [1.29, 1.82) is 0 Å². The molecular formula is C22H26N6O2S. The van der Waals surface area contributed by atoms with Crippen LogP contribution in [0.25, 0.3) is 16.1 Å². The van der Waals surface area contributed by atoms with Crippen molar-refractivity contribution in [3.8, 4) is 10.4 Å². The van der Waals surface area contributed by atoms with Crippen molar-refractivity contribution in [3.63, 3.8) is 0 Å². The van der Waals surface area contributed by atoms with E-state index in [0.29, 0.717) is 24.1 Å². The first-order valence-corrected chi connectivity index (χ1v) is 11.1. The smallest absolute Gasteiger partial charge is 0.229 e. The predicted molar refractivity (Wildman–Crippen MR) is 124 cm³/mol. The molecule has 1 aromatic carbocycles. The van der Waals surface area contributed by atoms with Gasteiger partial charge in [0.1, 0.15) is 0 Å². The fourth-order valence-corrected chi connectivity index (χ4v) is 3.91. The van der Waals surface area contributed by atoms with E-state index in [9.17, 15) is 5.11 Å². The van der Waals surface area contributed by atoms with Gasteiger partial charge in [-0.15, -0.1) is 11.3 Å². The van der Waals surface area contributed by atoms with Gasteiger partial charge < -0.3 is 20.8 Å². The second-order valence-electron chi connectivity index (χ2n) is 7.61. The highest BCUT2D eigenvalue weighted by molar-refractivity contribution is 7.13. The summed E-state index contributed by atoms with van der Waals surface area (Å²) < 4.78 is 1.70. The van der Waals surface area contributed by atoms with Gasteiger partial charge in [0.2, 0.25) is 11.9 Å². The third-order valence-corrected chi connectivity index (χ3v) is 5.85. The van der Waals surface area contributed by atoms with E-state index in [1.807, 2.05) is 6.20 Å². The molecule has 4 rings (SSSR count). The number of rotatable bonds is 9. The Morgan fingerprint density at radius 2 is 1.90 bits per heavy atom. The summed E-state index contributed by atoms with van der Waals surface area (Å²) in [6.07, 6.45) is 0.926. The third-order valence-electron chi connectivity index (χ3n) is 4.93. The van der Waals surface area contributed by atoms with Gasteiger partial charge in [0.25, 0.3) is 0 Å². The standard InChI is InChI=1S/C22H26N6O2S/c1-14(2)18-12-25-28-20(18)26-21(23-11-17(30)13-29)27-22(28)24-10-15-5-7-16(8-6-15)19-4-3-9-31-19/h3-9,12,14,17,29-30H,10-11,13H2,1-2H3,(H2,23,24,26,27)/t17-/m0/s1. The van der Waals surface area contributed by atoms with Crippen molar-refractivity contribution in [2.24, 2.45) is 0 Å². The molecule has 31 heavy (non-hydrogen) atoms. The molecule has 0 radical (unpaired) electrons. The Labute approximate surface area is 184 Å². The molecule has 0 unspecified atom stereocenters. The number of thiophene rings is 1. The molecular weight excluding hydrogens is 412 g/mol. The highest BCUT2D eigenvalue weighted by Crippen LogP contribution is 2.25. The average molecular weight is 439 g/mol. The van der Waals surface area contributed by atoms with Gasteiger partial charge in [-0.25, -0.2) is 0 Å². The molecule has 3 aromatic heterocycles. The second-order valence-corrected chi connectivity index (χ2v) is 8.55. The normalized spacial score (nSPS) is 12.4. The van der Waals surface area contributed by atoms with Crippen LogP contribution in [-0.4, -0.2) is 49.1 Å². The van der Waals surface area contributed by atoms with E-state index in [-0.39, 0.29) is 19.1 Å². The fourth-order valence-electron chi connectivity index (χ4n) is 3.18. The number of aliphatic hydroxyl groups excluding tert-OH is 2. The first-order chi connectivity index (χ1) is 15.0. The summed E-state index contributed by atoms with van der Waals surface area (Å²) in [5.74, 6) is 1.18. The fraction of sp³-hybridized carbons (Fsp3) is 0.318. The molecule has 4 N–H and O–H groups in total. The lowest BCUT2D eigenvalue weighted by Crippen LogP contribution is -2.24. The molecule has 0 saturated heterocycles. The SMILES string of the molecule is CC(C)c1cnn2c(NCc3ccc(-c4cccs4)cc3)nc(NC[C@H](O)CO)nc12. The molecule has 3 heterocycles. The Balaban J connectivity index is 1.56. The van der Waals surface area contributed by atoms with Gasteiger partial charge in [0, 0.05) is 23.5 Å². The molecule has 9 heteroatoms. The van der Waals surface area contributed by atoms with Crippen molar-refractivity contribution in [3.05, 3.63) is 59.1 Å². The van der Waals surface area contributed by atoms with Crippen molar-refractivity contribution < 1.29 is 10.2 Å². The minimum Gasteiger partial charge on any atom is -0.394 e. The first-order valence-electron chi connectivity index (χ1n) is 10.2. The summed E-state index contributed by atoms with van der Waals surface area (Å²) in [6.45, 7) is 4.58. The quantitative estimate of drug-likeness (QED) is 0.317. The topological polar surface area (TPSA) is 108 Å². The highest BCUT2D eigenvalue weighted by atomic mass is 32.1. The molecule has 0 spiro atoms. The Morgan fingerprint density at radius 1 is 1.10 bits per heavy atom. The molecule has 0 aliphatic rings. The zero-order chi connectivity index (χ0) is 21.8. The van der Waals surface area contributed by atoms with Gasteiger partial charge in [-0.05, 0) is 28.5 Å². The molecule has 4 aromatic rings. The average Bonchev–Trinajstić information content (AvgIpc) is 3.46. The van der Waals surface area contributed by atoms with Gasteiger partial charge in [0.05, 0.1) is 18.9 Å². The van der Waals surface area contributed by atoms with Gasteiger partial charge in [0.15, 0.2) is 5.65 Å². The van der Waals surface area contributed by atoms with Crippen LogP contribution in [0.2, 0.25) is 0 Å². The van der Waals surface area contributed by atoms with Crippen LogP contribution in [0.5, 0.6) is 0 Å². The number of hydrogen-bond acceptors (Lipinski definition) is 8. The number of benzene rings is 1. The second kappa shape index (κ2) is 9.42. The maximum atomic E-state index is 9.65. The van der Waals surface area contributed by atoms with Crippen LogP contribution in [0.4, 0.5) is 11.9 Å². The van der Waals surface area contributed by atoms with E-state index < -0.39 is 6.10 Å². The number of aliphatic hydroxyl groups is 2. The minimum absolute atomic E-state index is 0.154. The van der Waals surface area contributed by atoms with Crippen LogP contribution in [0.1, 0.15) is 30.9 Å². The number of nitrogens with one attached hydrogen (secondary N) is 2. The molecule has 8 nitrogen and oxygen atoms in total. The van der Waals surface area contributed by atoms with E-state index in [0.717, 1.165) is 11.1 Å². The van der Waals surface area contributed by atoms with Crippen molar-refractivity contribution >= 4 is 28.9 Å². The van der Waals surface area contributed by atoms with E-state index in [2.05, 4.69) is 81.3 Å². The van der Waals surface area contributed by atoms with Crippen molar-refractivity contribution in [2.75, 3.05) is 23.8 Å². The van der Waals surface area contributed by atoms with Gasteiger partial charge >= 0.3 is 0 Å². The predicted octanol–water partition coefficient (Wildman–Crippen LogP) is 3.35. The van der Waals surface area contributed by atoms with Gasteiger partial charge in [-0.2, -0.15) is 19.6 Å². The third kappa shape index (κ3) is 4.84.